The number of piperazine rings is 1. The number of amides is 2. The summed E-state index contributed by atoms with van der Waals surface area (Å²) in [5.41, 5.74) is 1.19. The Morgan fingerprint density at radius 2 is 1.79 bits per heavy atom. The molecule has 0 aromatic heterocycles. The molecule has 29 heavy (non-hydrogen) atoms. The van der Waals surface area contributed by atoms with Gasteiger partial charge in [0, 0.05) is 45.8 Å². The van der Waals surface area contributed by atoms with Crippen LogP contribution in [0.25, 0.3) is 0 Å². The van der Waals surface area contributed by atoms with Crippen LogP contribution >= 0.6 is 0 Å². The van der Waals surface area contributed by atoms with E-state index in [-0.39, 0.29) is 17.9 Å². The van der Waals surface area contributed by atoms with E-state index < -0.39 is 0 Å². The third-order valence-corrected chi connectivity index (χ3v) is 5.90. The van der Waals surface area contributed by atoms with Crippen molar-refractivity contribution in [2.24, 2.45) is 5.92 Å². The first-order chi connectivity index (χ1) is 14.1. The average molecular weight is 403 g/mol. The number of hydrogen-bond acceptors (Lipinski definition) is 6. The number of hydrogen-bond donors (Lipinski definition) is 0. The Morgan fingerprint density at radius 1 is 1.03 bits per heavy atom. The molecule has 3 heterocycles. The first kappa shape index (κ1) is 19.8. The van der Waals surface area contributed by atoms with Gasteiger partial charge in [0.25, 0.3) is 0 Å². The molecule has 0 N–H and O–H groups in total. The van der Waals surface area contributed by atoms with E-state index in [2.05, 4.69) is 17.0 Å². The second kappa shape index (κ2) is 8.90. The van der Waals surface area contributed by atoms with Crippen LogP contribution in [0, 0.1) is 5.92 Å². The number of piperidine rings is 1. The topological polar surface area (TPSA) is 71.6 Å². The number of nitrogens with zero attached hydrogens (tertiary/aromatic N) is 3. The number of carbonyl (C=O) groups is 2. The summed E-state index contributed by atoms with van der Waals surface area (Å²) >= 11 is 0. The van der Waals surface area contributed by atoms with E-state index in [1.165, 1.54) is 12.7 Å². The molecule has 0 bridgehead atoms. The van der Waals surface area contributed by atoms with E-state index >= 15 is 0 Å². The van der Waals surface area contributed by atoms with Gasteiger partial charge in [0.1, 0.15) is 13.2 Å². The summed E-state index contributed by atoms with van der Waals surface area (Å²) in [6.07, 6.45) is 1.34. The lowest BCUT2D eigenvalue weighted by molar-refractivity contribution is -0.138. The minimum atomic E-state index is -0.341. The van der Waals surface area contributed by atoms with Gasteiger partial charge in [0.05, 0.1) is 13.0 Å². The van der Waals surface area contributed by atoms with Gasteiger partial charge in [-0.05, 0) is 30.5 Å². The van der Waals surface area contributed by atoms with Crippen LogP contribution in [-0.2, 0) is 16.1 Å². The molecule has 3 aliphatic heterocycles. The lowest BCUT2D eigenvalue weighted by atomic mass is 9.96. The molecule has 2 saturated heterocycles. The van der Waals surface area contributed by atoms with E-state index in [1.807, 2.05) is 11.0 Å². The number of likely N-dealkylation sites (tertiary alicyclic amines) is 1. The number of fused-ring (bicyclic) bond motifs is 1. The summed E-state index contributed by atoms with van der Waals surface area (Å²) in [6.45, 7) is 6.27. The Morgan fingerprint density at radius 3 is 2.55 bits per heavy atom. The highest BCUT2D eigenvalue weighted by Gasteiger charge is 2.33. The summed E-state index contributed by atoms with van der Waals surface area (Å²) in [5, 5.41) is 0. The zero-order chi connectivity index (χ0) is 20.2. The molecule has 1 atom stereocenters. The van der Waals surface area contributed by atoms with Gasteiger partial charge in [-0.2, -0.15) is 0 Å². The molecule has 1 unspecified atom stereocenters. The molecule has 0 saturated carbocycles. The SMILES string of the molecule is COC(=O)N1CCCC(C(=O)N2CCN(Cc3ccc4c(c3)OCCO4)CC2)C1. The normalized spacial score (nSPS) is 22.3. The van der Waals surface area contributed by atoms with Crippen LogP contribution in [0.5, 0.6) is 11.5 Å². The van der Waals surface area contributed by atoms with Crippen LogP contribution in [0.1, 0.15) is 18.4 Å². The summed E-state index contributed by atoms with van der Waals surface area (Å²) in [4.78, 5) is 30.7. The molecule has 2 fully saturated rings. The fourth-order valence-electron chi connectivity index (χ4n) is 4.30. The molecule has 8 nitrogen and oxygen atoms in total. The van der Waals surface area contributed by atoms with Crippen LogP contribution in [0.4, 0.5) is 4.79 Å². The fraction of sp³-hybridized carbons (Fsp3) is 0.619. The van der Waals surface area contributed by atoms with Crippen molar-refractivity contribution >= 4 is 12.0 Å². The molecular formula is C21H29N3O5. The van der Waals surface area contributed by atoms with Crippen molar-refractivity contribution in [1.29, 1.82) is 0 Å². The van der Waals surface area contributed by atoms with Crippen LogP contribution in [0.2, 0.25) is 0 Å². The summed E-state index contributed by atoms with van der Waals surface area (Å²) in [6, 6.07) is 6.10. The van der Waals surface area contributed by atoms with Crippen LogP contribution in [-0.4, -0.2) is 86.3 Å². The summed E-state index contributed by atoms with van der Waals surface area (Å²) in [5.74, 6) is 1.67. The first-order valence-corrected chi connectivity index (χ1v) is 10.4. The zero-order valence-electron chi connectivity index (χ0n) is 17.0. The van der Waals surface area contributed by atoms with Gasteiger partial charge in [-0.15, -0.1) is 0 Å². The van der Waals surface area contributed by atoms with Crippen molar-refractivity contribution in [3.8, 4) is 11.5 Å². The van der Waals surface area contributed by atoms with Gasteiger partial charge < -0.3 is 24.0 Å². The van der Waals surface area contributed by atoms with Gasteiger partial charge in [0.2, 0.25) is 5.91 Å². The molecular weight excluding hydrogens is 374 g/mol. The maximum atomic E-state index is 12.9. The monoisotopic (exact) mass is 403 g/mol. The van der Waals surface area contributed by atoms with Crippen LogP contribution in [0.3, 0.4) is 0 Å². The van der Waals surface area contributed by atoms with E-state index in [9.17, 15) is 9.59 Å². The summed E-state index contributed by atoms with van der Waals surface area (Å²) in [7, 11) is 1.38. The van der Waals surface area contributed by atoms with Crippen molar-refractivity contribution in [2.45, 2.75) is 19.4 Å². The maximum Gasteiger partial charge on any atom is 0.409 e. The molecule has 0 spiro atoms. The van der Waals surface area contributed by atoms with Gasteiger partial charge in [-0.25, -0.2) is 4.79 Å². The molecule has 2 amide bonds. The predicted molar refractivity (Wildman–Crippen MR) is 106 cm³/mol. The van der Waals surface area contributed by atoms with Gasteiger partial charge in [0.15, 0.2) is 11.5 Å². The van der Waals surface area contributed by atoms with E-state index in [4.69, 9.17) is 14.2 Å². The Kier molecular flexibility index (Phi) is 6.08. The third-order valence-electron chi connectivity index (χ3n) is 5.90. The van der Waals surface area contributed by atoms with E-state index in [0.717, 1.165) is 57.1 Å². The second-order valence-corrected chi connectivity index (χ2v) is 7.83. The molecule has 158 valence electrons. The molecule has 3 aliphatic rings. The highest BCUT2D eigenvalue weighted by atomic mass is 16.6. The molecule has 0 aliphatic carbocycles. The highest BCUT2D eigenvalue weighted by molar-refractivity contribution is 5.80. The lowest BCUT2D eigenvalue weighted by Crippen LogP contribution is -2.52. The minimum Gasteiger partial charge on any atom is -0.486 e. The largest absolute Gasteiger partial charge is 0.486 e. The lowest BCUT2D eigenvalue weighted by Gasteiger charge is -2.38. The number of rotatable bonds is 3. The maximum absolute atomic E-state index is 12.9. The Labute approximate surface area is 171 Å². The predicted octanol–water partition coefficient (Wildman–Crippen LogP) is 1.58. The molecule has 4 rings (SSSR count). The number of benzene rings is 1. The average Bonchev–Trinajstić information content (AvgIpc) is 2.78. The van der Waals surface area contributed by atoms with Crippen molar-refractivity contribution in [1.82, 2.24) is 14.7 Å². The Balaban J connectivity index is 1.28. The van der Waals surface area contributed by atoms with Crippen LogP contribution in [0.15, 0.2) is 18.2 Å². The first-order valence-electron chi connectivity index (χ1n) is 10.4. The van der Waals surface area contributed by atoms with Gasteiger partial charge in [-0.3, -0.25) is 9.69 Å². The van der Waals surface area contributed by atoms with Crippen LogP contribution < -0.4 is 9.47 Å². The van der Waals surface area contributed by atoms with Gasteiger partial charge in [-0.1, -0.05) is 6.07 Å². The highest BCUT2D eigenvalue weighted by Crippen LogP contribution is 2.31. The van der Waals surface area contributed by atoms with Crippen molar-refractivity contribution in [3.63, 3.8) is 0 Å². The third kappa shape index (κ3) is 4.58. The molecule has 8 heteroatoms. The second-order valence-electron chi connectivity index (χ2n) is 7.83. The Bertz CT molecular complexity index is 748. The van der Waals surface area contributed by atoms with E-state index in [1.54, 1.807) is 4.90 Å². The minimum absolute atomic E-state index is 0.118. The number of ether oxygens (including phenoxy) is 3. The summed E-state index contributed by atoms with van der Waals surface area (Å²) < 4.78 is 16.1. The van der Waals surface area contributed by atoms with Crippen molar-refractivity contribution in [3.05, 3.63) is 23.8 Å². The number of carbonyl (C=O) groups excluding carboxylic acids is 2. The quantitative estimate of drug-likeness (QED) is 0.763. The van der Waals surface area contributed by atoms with Gasteiger partial charge >= 0.3 is 6.09 Å². The van der Waals surface area contributed by atoms with Crippen molar-refractivity contribution in [2.75, 3.05) is 59.6 Å². The fourth-order valence-corrected chi connectivity index (χ4v) is 4.30. The standard InChI is InChI=1S/C21H29N3O5/c1-27-21(26)24-6-2-3-17(15-24)20(25)23-9-7-22(8-10-23)14-16-4-5-18-19(13-16)29-12-11-28-18/h4-5,13,17H,2-3,6-12,14-15H2,1H3. The number of methoxy groups -OCH3 is 1. The molecule has 1 aromatic carbocycles. The smallest absolute Gasteiger partial charge is 0.409 e. The molecule has 1 aromatic rings. The van der Waals surface area contributed by atoms with E-state index in [0.29, 0.717) is 26.3 Å². The Hall–Kier alpha value is -2.48. The van der Waals surface area contributed by atoms with Crippen molar-refractivity contribution < 1.29 is 23.8 Å². The zero-order valence-corrected chi connectivity index (χ0v) is 17.0. The molecule has 0 radical (unpaired) electrons.